The third kappa shape index (κ3) is 4.80. The molecule has 3 aromatic carbocycles. The molecule has 6 heteroatoms. The number of hydrogen-bond donors (Lipinski definition) is 2. The van der Waals surface area contributed by atoms with Crippen LogP contribution in [0.15, 0.2) is 84.9 Å². The molecular weight excluding hydrogens is 390 g/mol. The fraction of sp³-hybridized carbons (Fsp3) is 0.160. The van der Waals surface area contributed by atoms with Crippen LogP contribution in [0.2, 0.25) is 0 Å². The molecule has 2 N–H and O–H groups in total. The number of carbonyl (C=O) groups is 3. The van der Waals surface area contributed by atoms with E-state index in [0.29, 0.717) is 24.3 Å². The van der Waals surface area contributed by atoms with Crippen LogP contribution in [0.5, 0.6) is 0 Å². The molecule has 0 spiro atoms. The molecule has 4 rings (SSSR count). The highest BCUT2D eigenvalue weighted by Crippen LogP contribution is 2.26. The number of benzene rings is 3. The van der Waals surface area contributed by atoms with E-state index in [4.69, 9.17) is 0 Å². The zero-order valence-corrected chi connectivity index (χ0v) is 17.0. The normalized spacial score (nSPS) is 15.5. The molecule has 1 aliphatic rings. The molecule has 156 valence electrons. The Kier molecular flexibility index (Phi) is 6.08. The highest BCUT2D eigenvalue weighted by molar-refractivity contribution is 6.07. The average Bonchev–Trinajstić information content (AvgIpc) is 3.21. The van der Waals surface area contributed by atoms with Gasteiger partial charge in [-0.05, 0) is 29.8 Å². The summed E-state index contributed by atoms with van der Waals surface area (Å²) in [5, 5.41) is 5.73. The Morgan fingerprint density at radius 3 is 2.26 bits per heavy atom. The number of anilines is 2. The van der Waals surface area contributed by atoms with Crippen molar-refractivity contribution in [1.82, 2.24) is 5.32 Å². The molecule has 3 amide bonds. The summed E-state index contributed by atoms with van der Waals surface area (Å²) in [5.74, 6) is -1.10. The molecule has 31 heavy (non-hydrogen) atoms. The van der Waals surface area contributed by atoms with Gasteiger partial charge in [-0.25, -0.2) is 0 Å². The standard InChI is InChI=1S/C25H23N3O3/c29-23-15-19(17-28(23)20-11-5-2-6-12-20)24(30)27-22-14-8-7-13-21(22)25(31)26-16-18-9-3-1-4-10-18/h1-14,19H,15-17H2,(H,26,31)(H,27,30)/t19-/m0/s1. The summed E-state index contributed by atoms with van der Waals surface area (Å²) in [6.07, 6.45) is 0.142. The molecule has 3 aromatic rings. The van der Waals surface area contributed by atoms with Crippen LogP contribution in [0.25, 0.3) is 0 Å². The van der Waals surface area contributed by atoms with E-state index in [2.05, 4.69) is 10.6 Å². The highest BCUT2D eigenvalue weighted by Gasteiger charge is 2.35. The molecule has 6 nitrogen and oxygen atoms in total. The number of carbonyl (C=O) groups excluding carboxylic acids is 3. The Labute approximate surface area is 180 Å². The number of para-hydroxylation sites is 2. The highest BCUT2D eigenvalue weighted by atomic mass is 16.2. The topological polar surface area (TPSA) is 78.5 Å². The van der Waals surface area contributed by atoms with Gasteiger partial charge < -0.3 is 15.5 Å². The maximum absolute atomic E-state index is 12.9. The van der Waals surface area contributed by atoms with E-state index >= 15 is 0 Å². The Morgan fingerprint density at radius 1 is 0.871 bits per heavy atom. The molecule has 1 aliphatic heterocycles. The Hall–Kier alpha value is -3.93. The molecule has 1 atom stereocenters. The second kappa shape index (κ2) is 9.26. The first-order chi connectivity index (χ1) is 15.1. The van der Waals surface area contributed by atoms with Gasteiger partial charge in [-0.2, -0.15) is 0 Å². The molecule has 0 radical (unpaired) electrons. The van der Waals surface area contributed by atoms with Crippen molar-refractivity contribution in [3.63, 3.8) is 0 Å². The van der Waals surface area contributed by atoms with Crippen LogP contribution in [0.4, 0.5) is 11.4 Å². The molecule has 0 aromatic heterocycles. The quantitative estimate of drug-likeness (QED) is 0.648. The lowest BCUT2D eigenvalue weighted by Crippen LogP contribution is -2.29. The first kappa shape index (κ1) is 20.3. The van der Waals surface area contributed by atoms with Crippen molar-refractivity contribution in [2.45, 2.75) is 13.0 Å². The summed E-state index contributed by atoms with van der Waals surface area (Å²) < 4.78 is 0. The minimum absolute atomic E-state index is 0.0831. The van der Waals surface area contributed by atoms with Crippen LogP contribution < -0.4 is 15.5 Å². The number of hydrogen-bond acceptors (Lipinski definition) is 3. The molecular formula is C25H23N3O3. The summed E-state index contributed by atoms with van der Waals surface area (Å²) >= 11 is 0. The van der Waals surface area contributed by atoms with Gasteiger partial charge in [-0.3, -0.25) is 14.4 Å². The lowest BCUT2D eigenvalue weighted by Gasteiger charge is -2.17. The monoisotopic (exact) mass is 413 g/mol. The zero-order chi connectivity index (χ0) is 21.6. The maximum Gasteiger partial charge on any atom is 0.253 e. The van der Waals surface area contributed by atoms with Crippen LogP contribution >= 0.6 is 0 Å². The third-order valence-corrected chi connectivity index (χ3v) is 5.29. The maximum atomic E-state index is 12.9. The van der Waals surface area contributed by atoms with Crippen molar-refractivity contribution >= 4 is 29.1 Å². The predicted molar refractivity (Wildman–Crippen MR) is 120 cm³/mol. The van der Waals surface area contributed by atoms with E-state index in [0.717, 1.165) is 11.3 Å². The average molecular weight is 413 g/mol. The second-order valence-electron chi connectivity index (χ2n) is 7.44. The first-order valence-corrected chi connectivity index (χ1v) is 10.2. The van der Waals surface area contributed by atoms with Gasteiger partial charge >= 0.3 is 0 Å². The fourth-order valence-corrected chi connectivity index (χ4v) is 3.64. The van der Waals surface area contributed by atoms with Gasteiger partial charge in [0.2, 0.25) is 11.8 Å². The molecule has 0 unspecified atom stereocenters. The van der Waals surface area contributed by atoms with E-state index < -0.39 is 5.92 Å². The van der Waals surface area contributed by atoms with Crippen molar-refractivity contribution in [2.24, 2.45) is 5.92 Å². The minimum atomic E-state index is -0.479. The largest absolute Gasteiger partial charge is 0.348 e. The minimum Gasteiger partial charge on any atom is -0.348 e. The van der Waals surface area contributed by atoms with E-state index in [1.807, 2.05) is 60.7 Å². The van der Waals surface area contributed by atoms with Crippen molar-refractivity contribution < 1.29 is 14.4 Å². The van der Waals surface area contributed by atoms with Gasteiger partial charge in [0.1, 0.15) is 0 Å². The summed E-state index contributed by atoms with van der Waals surface area (Å²) in [6.45, 7) is 0.710. The van der Waals surface area contributed by atoms with Crippen LogP contribution in [-0.2, 0) is 16.1 Å². The lowest BCUT2D eigenvalue weighted by atomic mass is 10.1. The third-order valence-electron chi connectivity index (χ3n) is 5.29. The molecule has 0 aliphatic carbocycles. The van der Waals surface area contributed by atoms with Gasteiger partial charge in [-0.15, -0.1) is 0 Å². The number of amides is 3. The SMILES string of the molecule is O=C(NCc1ccccc1)c1ccccc1NC(=O)[C@H]1CC(=O)N(c2ccccc2)C1. The molecule has 0 saturated carbocycles. The molecule has 1 heterocycles. The first-order valence-electron chi connectivity index (χ1n) is 10.2. The van der Waals surface area contributed by atoms with E-state index in [1.165, 1.54) is 0 Å². The van der Waals surface area contributed by atoms with Gasteiger partial charge in [0, 0.05) is 25.2 Å². The fourth-order valence-electron chi connectivity index (χ4n) is 3.64. The Morgan fingerprint density at radius 2 is 1.52 bits per heavy atom. The van der Waals surface area contributed by atoms with Gasteiger partial charge in [0.25, 0.3) is 5.91 Å². The smallest absolute Gasteiger partial charge is 0.253 e. The van der Waals surface area contributed by atoms with E-state index in [9.17, 15) is 14.4 Å². The second-order valence-corrected chi connectivity index (χ2v) is 7.44. The van der Waals surface area contributed by atoms with Crippen molar-refractivity contribution in [3.05, 3.63) is 96.1 Å². The van der Waals surface area contributed by atoms with Crippen molar-refractivity contribution in [1.29, 1.82) is 0 Å². The summed E-state index contributed by atoms with van der Waals surface area (Å²) in [5.41, 5.74) is 2.59. The van der Waals surface area contributed by atoms with Crippen LogP contribution in [0, 0.1) is 5.92 Å². The predicted octanol–water partition coefficient (Wildman–Crippen LogP) is 3.61. The number of nitrogens with one attached hydrogen (secondary N) is 2. The zero-order valence-electron chi connectivity index (χ0n) is 17.0. The molecule has 1 fully saturated rings. The lowest BCUT2D eigenvalue weighted by molar-refractivity contribution is -0.122. The van der Waals surface area contributed by atoms with Crippen LogP contribution in [-0.4, -0.2) is 24.3 Å². The summed E-state index contributed by atoms with van der Waals surface area (Å²) in [6, 6.07) is 25.8. The van der Waals surface area contributed by atoms with Crippen molar-refractivity contribution in [3.8, 4) is 0 Å². The van der Waals surface area contributed by atoms with Gasteiger partial charge in [-0.1, -0.05) is 60.7 Å². The Bertz CT molecular complexity index is 1080. The van der Waals surface area contributed by atoms with Crippen LogP contribution in [0.3, 0.4) is 0 Å². The summed E-state index contributed by atoms with van der Waals surface area (Å²) in [7, 11) is 0. The summed E-state index contributed by atoms with van der Waals surface area (Å²) in [4.78, 5) is 39.6. The van der Waals surface area contributed by atoms with Crippen molar-refractivity contribution in [2.75, 3.05) is 16.8 Å². The van der Waals surface area contributed by atoms with E-state index in [1.54, 1.807) is 29.2 Å². The number of nitrogens with zero attached hydrogens (tertiary/aromatic N) is 1. The van der Waals surface area contributed by atoms with Gasteiger partial charge in [0.05, 0.1) is 17.2 Å². The molecule has 1 saturated heterocycles. The van der Waals surface area contributed by atoms with Crippen LogP contribution in [0.1, 0.15) is 22.3 Å². The van der Waals surface area contributed by atoms with E-state index in [-0.39, 0.29) is 24.1 Å². The molecule has 0 bridgehead atoms. The Balaban J connectivity index is 1.42. The van der Waals surface area contributed by atoms with Gasteiger partial charge in [0.15, 0.2) is 0 Å². The number of rotatable bonds is 6.